The highest BCUT2D eigenvalue weighted by molar-refractivity contribution is 5.56. The van der Waals surface area contributed by atoms with E-state index in [1.165, 1.54) is 11.3 Å². The predicted octanol–water partition coefficient (Wildman–Crippen LogP) is 2.09. The van der Waals surface area contributed by atoms with E-state index >= 15 is 0 Å². The molecule has 1 aromatic carbocycles. The van der Waals surface area contributed by atoms with Crippen molar-refractivity contribution in [2.45, 2.75) is 25.9 Å². The quantitative estimate of drug-likeness (QED) is 0.888. The van der Waals surface area contributed by atoms with Gasteiger partial charge in [0.25, 0.3) is 0 Å². The molecular formula is C15H25N3. The maximum Gasteiger partial charge on any atom is 0.0415 e. The summed E-state index contributed by atoms with van der Waals surface area (Å²) in [7, 11) is 4.34. The van der Waals surface area contributed by atoms with Crippen LogP contribution in [0.3, 0.4) is 0 Å². The molecule has 100 valence electrons. The summed E-state index contributed by atoms with van der Waals surface area (Å²) in [6.07, 6.45) is 0. The summed E-state index contributed by atoms with van der Waals surface area (Å²) in [5.41, 5.74) is 8.64. The summed E-state index contributed by atoms with van der Waals surface area (Å²) in [5.74, 6) is 0.695. The number of rotatable bonds is 3. The first kappa shape index (κ1) is 13.4. The van der Waals surface area contributed by atoms with Gasteiger partial charge in [-0.25, -0.2) is 0 Å². The van der Waals surface area contributed by atoms with Gasteiger partial charge in [0.05, 0.1) is 0 Å². The van der Waals surface area contributed by atoms with Crippen LogP contribution in [0.5, 0.6) is 0 Å². The van der Waals surface area contributed by atoms with Crippen LogP contribution < -0.4 is 10.6 Å². The Labute approximate surface area is 111 Å². The first-order valence-corrected chi connectivity index (χ1v) is 6.76. The van der Waals surface area contributed by atoms with Crippen LogP contribution in [0.25, 0.3) is 0 Å². The average Bonchev–Trinajstić information content (AvgIpc) is 2.71. The van der Waals surface area contributed by atoms with Crippen LogP contribution in [-0.2, 0) is 0 Å². The number of hydrogen-bond acceptors (Lipinski definition) is 3. The van der Waals surface area contributed by atoms with Crippen molar-refractivity contribution in [3.63, 3.8) is 0 Å². The van der Waals surface area contributed by atoms with Crippen LogP contribution in [-0.4, -0.2) is 38.1 Å². The molecule has 2 rings (SSSR count). The average molecular weight is 247 g/mol. The number of anilines is 1. The van der Waals surface area contributed by atoms with Crippen molar-refractivity contribution in [2.24, 2.45) is 11.7 Å². The van der Waals surface area contributed by atoms with Gasteiger partial charge < -0.3 is 15.5 Å². The molecule has 1 aliphatic rings. The molecule has 18 heavy (non-hydrogen) atoms. The molecule has 1 saturated heterocycles. The minimum Gasteiger partial charge on any atom is -0.369 e. The van der Waals surface area contributed by atoms with Crippen LogP contribution >= 0.6 is 0 Å². The van der Waals surface area contributed by atoms with E-state index in [0.717, 1.165) is 13.1 Å². The topological polar surface area (TPSA) is 32.5 Å². The Morgan fingerprint density at radius 1 is 1.28 bits per heavy atom. The molecule has 1 aliphatic heterocycles. The Kier molecular flexibility index (Phi) is 3.93. The van der Waals surface area contributed by atoms with E-state index < -0.39 is 0 Å². The summed E-state index contributed by atoms with van der Waals surface area (Å²) < 4.78 is 0. The lowest BCUT2D eigenvalue weighted by molar-refractivity contribution is 0.266. The van der Waals surface area contributed by atoms with Crippen molar-refractivity contribution in [2.75, 3.05) is 32.1 Å². The monoisotopic (exact) mass is 247 g/mol. The molecule has 0 spiro atoms. The molecule has 0 aromatic heterocycles. The van der Waals surface area contributed by atoms with Gasteiger partial charge in [-0.2, -0.15) is 0 Å². The summed E-state index contributed by atoms with van der Waals surface area (Å²) in [4.78, 5) is 4.81. The van der Waals surface area contributed by atoms with Crippen molar-refractivity contribution in [3.05, 3.63) is 29.8 Å². The Morgan fingerprint density at radius 3 is 2.50 bits per heavy atom. The van der Waals surface area contributed by atoms with Crippen molar-refractivity contribution in [3.8, 4) is 0 Å². The maximum absolute atomic E-state index is 6.07. The summed E-state index contributed by atoms with van der Waals surface area (Å²) >= 11 is 0. The molecule has 3 heteroatoms. The summed E-state index contributed by atoms with van der Waals surface area (Å²) in [6.45, 7) is 6.60. The smallest absolute Gasteiger partial charge is 0.0415 e. The van der Waals surface area contributed by atoms with Gasteiger partial charge in [0, 0.05) is 30.9 Å². The van der Waals surface area contributed by atoms with Gasteiger partial charge in [-0.15, -0.1) is 0 Å². The molecule has 0 saturated carbocycles. The summed E-state index contributed by atoms with van der Waals surface area (Å²) in [5, 5.41) is 0. The van der Waals surface area contributed by atoms with Crippen molar-refractivity contribution in [1.29, 1.82) is 0 Å². The van der Waals surface area contributed by atoms with Gasteiger partial charge in [-0.1, -0.05) is 25.1 Å². The van der Waals surface area contributed by atoms with Crippen molar-refractivity contribution >= 4 is 5.69 Å². The van der Waals surface area contributed by atoms with Crippen LogP contribution in [0.15, 0.2) is 24.3 Å². The Bertz CT molecular complexity index is 400. The fourth-order valence-electron chi connectivity index (χ4n) is 2.98. The van der Waals surface area contributed by atoms with Gasteiger partial charge >= 0.3 is 0 Å². The highest BCUT2D eigenvalue weighted by atomic mass is 15.2. The molecular weight excluding hydrogens is 222 g/mol. The van der Waals surface area contributed by atoms with E-state index in [-0.39, 0.29) is 6.04 Å². The highest BCUT2D eigenvalue weighted by Gasteiger charge is 2.31. The van der Waals surface area contributed by atoms with Crippen molar-refractivity contribution in [1.82, 2.24) is 4.90 Å². The standard InChI is InChI=1S/C15H25N3/c1-11-9-18(10-15(11)17(3)4)14-8-6-5-7-13(14)12(2)16/h5-8,11-12,15H,9-10,16H2,1-4H3/t11?,12-,15?/m0/s1. The van der Waals surface area contributed by atoms with E-state index in [9.17, 15) is 0 Å². The second kappa shape index (κ2) is 5.29. The maximum atomic E-state index is 6.07. The molecule has 2 N–H and O–H groups in total. The molecule has 0 aliphatic carbocycles. The van der Waals surface area contributed by atoms with E-state index in [2.05, 4.69) is 62.0 Å². The highest BCUT2D eigenvalue weighted by Crippen LogP contribution is 2.30. The lowest BCUT2D eigenvalue weighted by Crippen LogP contribution is -2.34. The Balaban J connectivity index is 2.24. The number of para-hydroxylation sites is 1. The summed E-state index contributed by atoms with van der Waals surface area (Å²) in [6, 6.07) is 9.25. The van der Waals surface area contributed by atoms with Gasteiger partial charge in [-0.3, -0.25) is 0 Å². The molecule has 1 fully saturated rings. The van der Waals surface area contributed by atoms with E-state index in [4.69, 9.17) is 5.73 Å². The first-order chi connectivity index (χ1) is 8.50. The molecule has 0 bridgehead atoms. The van der Waals surface area contributed by atoms with E-state index in [1.54, 1.807) is 0 Å². The second-order valence-corrected chi connectivity index (χ2v) is 5.76. The largest absolute Gasteiger partial charge is 0.369 e. The molecule has 0 radical (unpaired) electrons. The van der Waals surface area contributed by atoms with Crippen molar-refractivity contribution < 1.29 is 0 Å². The molecule has 2 unspecified atom stereocenters. The molecule has 1 heterocycles. The lowest BCUT2D eigenvalue weighted by Gasteiger charge is -2.25. The number of likely N-dealkylation sites (N-methyl/N-ethyl adjacent to an activating group) is 1. The zero-order chi connectivity index (χ0) is 13.3. The third-order valence-electron chi connectivity index (χ3n) is 4.00. The van der Waals surface area contributed by atoms with Crippen LogP contribution in [0.4, 0.5) is 5.69 Å². The number of nitrogens with two attached hydrogens (primary N) is 1. The Hall–Kier alpha value is -1.06. The molecule has 0 amide bonds. The third-order valence-corrected chi connectivity index (χ3v) is 4.00. The second-order valence-electron chi connectivity index (χ2n) is 5.76. The minimum absolute atomic E-state index is 0.0925. The zero-order valence-electron chi connectivity index (χ0n) is 11.9. The number of benzene rings is 1. The minimum atomic E-state index is 0.0925. The fourth-order valence-corrected chi connectivity index (χ4v) is 2.98. The van der Waals surface area contributed by atoms with Crippen LogP contribution in [0.2, 0.25) is 0 Å². The predicted molar refractivity (Wildman–Crippen MR) is 77.9 cm³/mol. The molecule has 3 atom stereocenters. The van der Waals surface area contributed by atoms with Crippen LogP contribution in [0.1, 0.15) is 25.5 Å². The van der Waals surface area contributed by atoms with Gasteiger partial charge in [0.2, 0.25) is 0 Å². The van der Waals surface area contributed by atoms with Gasteiger partial charge in [0.15, 0.2) is 0 Å². The normalized spacial score (nSPS) is 25.8. The third kappa shape index (κ3) is 2.52. The zero-order valence-corrected chi connectivity index (χ0v) is 11.9. The number of hydrogen-bond donors (Lipinski definition) is 1. The van der Waals surface area contributed by atoms with E-state index in [0.29, 0.717) is 12.0 Å². The van der Waals surface area contributed by atoms with Crippen LogP contribution in [0, 0.1) is 5.92 Å². The Morgan fingerprint density at radius 2 is 1.94 bits per heavy atom. The number of nitrogens with zero attached hydrogens (tertiary/aromatic N) is 2. The lowest BCUT2D eigenvalue weighted by atomic mass is 10.1. The van der Waals surface area contributed by atoms with Gasteiger partial charge in [0.1, 0.15) is 0 Å². The molecule has 1 aromatic rings. The fraction of sp³-hybridized carbons (Fsp3) is 0.600. The first-order valence-electron chi connectivity index (χ1n) is 6.76. The SMILES string of the molecule is CC1CN(c2ccccc2[C@H](C)N)CC1N(C)C. The van der Waals surface area contributed by atoms with Gasteiger partial charge in [-0.05, 0) is 38.6 Å². The molecule has 3 nitrogen and oxygen atoms in total. The van der Waals surface area contributed by atoms with E-state index in [1.807, 2.05) is 0 Å².